The average molecular weight is 695 g/mol. The topological polar surface area (TPSA) is 36.9 Å². The summed E-state index contributed by atoms with van der Waals surface area (Å²) in [5.74, 6) is 4.17. The minimum Gasteiger partial charge on any atom is -0.493 e. The Labute approximate surface area is 309 Å². The summed E-state index contributed by atoms with van der Waals surface area (Å²) in [6, 6.07) is 11.0. The Morgan fingerprint density at radius 2 is 0.840 bits per heavy atom. The standard InChI is InChI=1S/C46H78O4/c1-7-9-11-13-14-15-16-17-18-19-20-23-29-34-41-37-42(38-44(48-4)46(41)50-6)39(31-26-22-12-10-8-2)32-27-24-21-25-28-33-40-35-30-36-43(47-3)45(40)49-5/h30,35-39H,7-29,31-34H2,1-6H3. The van der Waals surface area contributed by atoms with E-state index in [0.717, 1.165) is 35.8 Å². The molecule has 0 amide bonds. The van der Waals surface area contributed by atoms with E-state index in [9.17, 15) is 0 Å². The molecule has 2 rings (SSSR count). The molecule has 1 unspecified atom stereocenters. The summed E-state index contributed by atoms with van der Waals surface area (Å²) >= 11 is 0. The van der Waals surface area contributed by atoms with Gasteiger partial charge in [-0.05, 0) is 73.3 Å². The van der Waals surface area contributed by atoms with E-state index in [0.29, 0.717) is 5.92 Å². The predicted octanol–water partition coefficient (Wildman–Crippen LogP) is 14.4. The summed E-state index contributed by atoms with van der Waals surface area (Å²) < 4.78 is 23.0. The smallest absolute Gasteiger partial charge is 0.163 e. The van der Waals surface area contributed by atoms with Crippen LogP contribution < -0.4 is 18.9 Å². The molecule has 2 aromatic carbocycles. The van der Waals surface area contributed by atoms with Crippen molar-refractivity contribution in [1.82, 2.24) is 0 Å². The van der Waals surface area contributed by atoms with Gasteiger partial charge in [-0.3, -0.25) is 0 Å². The molecule has 0 N–H and O–H groups in total. The number of ether oxygens (including phenoxy) is 4. The Bertz CT molecular complexity index is 1100. The van der Waals surface area contributed by atoms with E-state index in [-0.39, 0.29) is 0 Å². The second-order valence-corrected chi connectivity index (χ2v) is 14.8. The van der Waals surface area contributed by atoms with Crippen LogP contribution in [0.3, 0.4) is 0 Å². The summed E-state index contributed by atoms with van der Waals surface area (Å²) in [5, 5.41) is 0. The van der Waals surface area contributed by atoms with E-state index in [4.69, 9.17) is 18.9 Å². The highest BCUT2D eigenvalue weighted by molar-refractivity contribution is 5.50. The van der Waals surface area contributed by atoms with Crippen LogP contribution in [0.15, 0.2) is 30.3 Å². The van der Waals surface area contributed by atoms with Crippen molar-refractivity contribution in [2.24, 2.45) is 0 Å². The summed E-state index contributed by atoms with van der Waals surface area (Å²) in [6.07, 6.45) is 35.6. The minimum atomic E-state index is 0.586. The van der Waals surface area contributed by atoms with E-state index in [1.807, 2.05) is 6.07 Å². The largest absolute Gasteiger partial charge is 0.493 e. The third-order valence-electron chi connectivity index (χ3n) is 10.7. The van der Waals surface area contributed by atoms with Crippen LogP contribution in [0.2, 0.25) is 0 Å². The average Bonchev–Trinajstić information content (AvgIpc) is 3.14. The van der Waals surface area contributed by atoms with E-state index in [2.05, 4.69) is 38.1 Å². The van der Waals surface area contributed by atoms with Gasteiger partial charge in [0.25, 0.3) is 0 Å². The molecule has 4 heteroatoms. The fourth-order valence-corrected chi connectivity index (χ4v) is 7.68. The normalized spacial score (nSPS) is 11.9. The Morgan fingerprint density at radius 3 is 1.30 bits per heavy atom. The molecule has 0 aliphatic heterocycles. The number of rotatable bonds is 33. The van der Waals surface area contributed by atoms with Gasteiger partial charge in [0.15, 0.2) is 23.0 Å². The van der Waals surface area contributed by atoms with Gasteiger partial charge in [-0.2, -0.15) is 0 Å². The highest BCUT2D eigenvalue weighted by Crippen LogP contribution is 2.39. The molecular weight excluding hydrogens is 617 g/mol. The molecule has 0 heterocycles. The molecule has 50 heavy (non-hydrogen) atoms. The molecular formula is C46H78O4. The van der Waals surface area contributed by atoms with E-state index >= 15 is 0 Å². The lowest BCUT2D eigenvalue weighted by atomic mass is 9.86. The molecule has 0 aliphatic rings. The van der Waals surface area contributed by atoms with Crippen molar-refractivity contribution >= 4 is 0 Å². The highest BCUT2D eigenvalue weighted by atomic mass is 16.5. The molecule has 0 bridgehead atoms. The van der Waals surface area contributed by atoms with Crippen LogP contribution in [0, 0.1) is 0 Å². The molecule has 0 spiro atoms. The number of hydrogen-bond donors (Lipinski definition) is 0. The lowest BCUT2D eigenvalue weighted by Crippen LogP contribution is -2.04. The number of methoxy groups -OCH3 is 4. The Balaban J connectivity index is 1.88. The molecule has 0 saturated heterocycles. The SMILES string of the molecule is CCCCCCCCCCCCCCCc1cc(C(CCCCCCC)CCCCCCCc2cccc(OC)c2OC)cc(OC)c1OC. The zero-order valence-corrected chi connectivity index (χ0v) is 33.7. The van der Waals surface area contributed by atoms with Gasteiger partial charge in [0, 0.05) is 0 Å². The van der Waals surface area contributed by atoms with Crippen molar-refractivity contribution in [2.75, 3.05) is 28.4 Å². The predicted molar refractivity (Wildman–Crippen MR) is 216 cm³/mol. The fourth-order valence-electron chi connectivity index (χ4n) is 7.68. The molecule has 0 aromatic heterocycles. The number of hydrogen-bond acceptors (Lipinski definition) is 4. The maximum absolute atomic E-state index is 5.95. The Morgan fingerprint density at radius 1 is 0.420 bits per heavy atom. The monoisotopic (exact) mass is 695 g/mol. The first kappa shape index (κ1) is 43.8. The number of unbranched alkanes of at least 4 members (excludes halogenated alkanes) is 20. The Hall–Kier alpha value is -2.36. The van der Waals surface area contributed by atoms with Crippen LogP contribution in [0.1, 0.15) is 197 Å². The quantitative estimate of drug-likeness (QED) is 0.0697. The van der Waals surface area contributed by atoms with Crippen LogP contribution in [-0.4, -0.2) is 28.4 Å². The van der Waals surface area contributed by atoms with Gasteiger partial charge in [0.1, 0.15) is 0 Å². The van der Waals surface area contributed by atoms with Crippen molar-refractivity contribution in [1.29, 1.82) is 0 Å². The molecule has 286 valence electrons. The van der Waals surface area contributed by atoms with Gasteiger partial charge in [-0.15, -0.1) is 0 Å². The lowest BCUT2D eigenvalue weighted by molar-refractivity contribution is 0.350. The van der Waals surface area contributed by atoms with Gasteiger partial charge >= 0.3 is 0 Å². The van der Waals surface area contributed by atoms with Crippen LogP contribution in [-0.2, 0) is 12.8 Å². The summed E-state index contributed by atoms with van der Waals surface area (Å²) in [6.45, 7) is 4.60. The van der Waals surface area contributed by atoms with E-state index in [1.54, 1.807) is 28.4 Å². The second kappa shape index (κ2) is 29.2. The van der Waals surface area contributed by atoms with Gasteiger partial charge < -0.3 is 18.9 Å². The maximum Gasteiger partial charge on any atom is 0.163 e. The first-order chi connectivity index (χ1) is 24.6. The third-order valence-corrected chi connectivity index (χ3v) is 10.7. The molecule has 4 nitrogen and oxygen atoms in total. The zero-order valence-electron chi connectivity index (χ0n) is 33.7. The molecule has 2 aromatic rings. The first-order valence-electron chi connectivity index (χ1n) is 21.1. The van der Waals surface area contributed by atoms with E-state index in [1.165, 1.54) is 177 Å². The van der Waals surface area contributed by atoms with Gasteiger partial charge in [0.2, 0.25) is 0 Å². The van der Waals surface area contributed by atoms with Crippen LogP contribution in [0.25, 0.3) is 0 Å². The van der Waals surface area contributed by atoms with Crippen LogP contribution in [0.5, 0.6) is 23.0 Å². The second-order valence-electron chi connectivity index (χ2n) is 14.8. The van der Waals surface area contributed by atoms with Crippen LogP contribution >= 0.6 is 0 Å². The first-order valence-corrected chi connectivity index (χ1v) is 21.1. The molecule has 1 atom stereocenters. The van der Waals surface area contributed by atoms with Gasteiger partial charge in [-0.1, -0.05) is 167 Å². The summed E-state index contributed by atoms with van der Waals surface area (Å²) in [7, 11) is 7.06. The fraction of sp³-hybridized carbons (Fsp3) is 0.739. The van der Waals surface area contributed by atoms with Gasteiger partial charge in [0.05, 0.1) is 28.4 Å². The number of benzene rings is 2. The maximum atomic E-state index is 5.95. The number of para-hydroxylation sites is 1. The van der Waals surface area contributed by atoms with E-state index < -0.39 is 0 Å². The highest BCUT2D eigenvalue weighted by Gasteiger charge is 2.18. The third kappa shape index (κ3) is 17.7. The minimum absolute atomic E-state index is 0.586. The lowest BCUT2D eigenvalue weighted by Gasteiger charge is -2.22. The summed E-state index contributed by atoms with van der Waals surface area (Å²) in [5.41, 5.74) is 4.06. The molecule has 0 saturated carbocycles. The molecule has 0 radical (unpaired) electrons. The summed E-state index contributed by atoms with van der Waals surface area (Å²) in [4.78, 5) is 0. The van der Waals surface area contributed by atoms with Crippen LogP contribution in [0.4, 0.5) is 0 Å². The van der Waals surface area contributed by atoms with Crippen molar-refractivity contribution in [2.45, 2.75) is 193 Å². The van der Waals surface area contributed by atoms with Crippen molar-refractivity contribution in [3.8, 4) is 23.0 Å². The zero-order chi connectivity index (χ0) is 36.1. The van der Waals surface area contributed by atoms with Crippen molar-refractivity contribution in [3.63, 3.8) is 0 Å². The van der Waals surface area contributed by atoms with Crippen molar-refractivity contribution < 1.29 is 18.9 Å². The van der Waals surface area contributed by atoms with Crippen molar-refractivity contribution in [3.05, 3.63) is 47.0 Å². The van der Waals surface area contributed by atoms with Gasteiger partial charge in [-0.25, -0.2) is 0 Å². The Kier molecular flexibility index (Phi) is 25.6. The molecule has 0 fully saturated rings. The molecule has 0 aliphatic carbocycles. The number of aryl methyl sites for hydroxylation is 2.